The summed E-state index contributed by atoms with van der Waals surface area (Å²) >= 11 is 0. The van der Waals surface area contributed by atoms with E-state index in [0.29, 0.717) is 12.4 Å². The van der Waals surface area contributed by atoms with Gasteiger partial charge in [0, 0.05) is 0 Å². The molecule has 1 aromatic rings. The van der Waals surface area contributed by atoms with Gasteiger partial charge in [-0.15, -0.1) is 17.5 Å². The lowest BCUT2D eigenvalue weighted by Crippen LogP contribution is -2.08. The van der Waals surface area contributed by atoms with Gasteiger partial charge in [-0.2, -0.15) is 4.98 Å². The molecule has 0 saturated heterocycles. The predicted molar refractivity (Wildman–Crippen MR) is 48.4 cm³/mol. The third-order valence-corrected chi connectivity index (χ3v) is 1.17. The fraction of sp³-hybridized carbons (Fsp3) is 0.500. The Morgan fingerprint density at radius 2 is 2.38 bits per heavy atom. The summed E-state index contributed by atoms with van der Waals surface area (Å²) < 4.78 is 4.69. The van der Waals surface area contributed by atoms with Crippen molar-refractivity contribution in [1.29, 1.82) is 0 Å². The van der Waals surface area contributed by atoms with Gasteiger partial charge in [0.1, 0.15) is 12.2 Å². The molecular weight excluding hydrogens is 196 g/mol. The van der Waals surface area contributed by atoms with Crippen molar-refractivity contribution in [2.45, 2.75) is 13.3 Å². The number of rotatable bonds is 3. The number of nitrogens with one attached hydrogen (secondary N) is 1. The maximum atomic E-state index is 10.9. The molecule has 0 aromatic carbocycles. The third kappa shape index (κ3) is 3.75. The Balaban J connectivity index is 0.00000144. The summed E-state index contributed by atoms with van der Waals surface area (Å²) in [4.78, 5) is 14.6. The summed E-state index contributed by atoms with van der Waals surface area (Å²) in [5, 5.41) is 6.07. The number of nitrogens with two attached hydrogens (primary N) is 1. The molecule has 1 heterocycles. The summed E-state index contributed by atoms with van der Waals surface area (Å²) in [6.07, 6.45) is 0.0814. The van der Waals surface area contributed by atoms with Crippen molar-refractivity contribution in [1.82, 2.24) is 15.2 Å². The van der Waals surface area contributed by atoms with Gasteiger partial charge in [0.05, 0.1) is 6.61 Å². The van der Waals surface area contributed by atoms with Gasteiger partial charge in [-0.1, -0.05) is 0 Å². The second-order valence-electron chi connectivity index (χ2n) is 2.12. The number of carbonyl (C=O) groups excluding carboxylic acids is 1. The van der Waals surface area contributed by atoms with Crippen LogP contribution in [0.4, 0.5) is 5.95 Å². The van der Waals surface area contributed by atoms with Crippen LogP contribution in [-0.4, -0.2) is 27.8 Å². The van der Waals surface area contributed by atoms with Crippen LogP contribution in [0.1, 0.15) is 12.7 Å². The Labute approximate surface area is 81.3 Å². The van der Waals surface area contributed by atoms with Crippen molar-refractivity contribution in [2.24, 2.45) is 0 Å². The van der Waals surface area contributed by atoms with Crippen LogP contribution < -0.4 is 5.73 Å². The zero-order chi connectivity index (χ0) is 8.97. The number of hydrogen-bond acceptors (Lipinski definition) is 5. The monoisotopic (exact) mass is 206 g/mol. The second kappa shape index (κ2) is 5.36. The smallest absolute Gasteiger partial charge is 0.313 e. The number of hydrogen-bond donors (Lipinski definition) is 2. The second-order valence-corrected chi connectivity index (χ2v) is 2.12. The van der Waals surface area contributed by atoms with Crippen molar-refractivity contribution in [3.8, 4) is 0 Å². The first kappa shape index (κ1) is 11.7. The number of nitrogen functional groups attached to an aromatic ring is 1. The van der Waals surface area contributed by atoms with Gasteiger partial charge in [0.2, 0.25) is 5.95 Å². The fourth-order valence-electron chi connectivity index (χ4n) is 0.738. The molecule has 0 unspecified atom stereocenters. The predicted octanol–water partition coefficient (Wildman–Crippen LogP) is -0.0857. The Morgan fingerprint density at radius 3 is 2.85 bits per heavy atom. The maximum Gasteiger partial charge on any atom is 0.313 e. The summed E-state index contributed by atoms with van der Waals surface area (Å²) in [6, 6.07) is 0. The van der Waals surface area contributed by atoms with E-state index < -0.39 is 0 Å². The molecule has 1 aromatic heterocycles. The van der Waals surface area contributed by atoms with Gasteiger partial charge < -0.3 is 10.5 Å². The van der Waals surface area contributed by atoms with Crippen molar-refractivity contribution >= 4 is 24.3 Å². The molecule has 0 radical (unpaired) electrons. The number of H-pyrrole nitrogens is 1. The Bertz CT molecular complexity index is 275. The molecule has 0 bridgehead atoms. The van der Waals surface area contributed by atoms with Crippen LogP contribution in [0.15, 0.2) is 0 Å². The Kier molecular flexibility index (Phi) is 4.83. The van der Waals surface area contributed by atoms with Gasteiger partial charge in [-0.05, 0) is 6.92 Å². The van der Waals surface area contributed by atoms with Gasteiger partial charge in [-0.3, -0.25) is 9.89 Å². The highest BCUT2D eigenvalue weighted by Crippen LogP contribution is 1.95. The van der Waals surface area contributed by atoms with E-state index >= 15 is 0 Å². The minimum absolute atomic E-state index is 0. The molecule has 0 fully saturated rings. The van der Waals surface area contributed by atoms with Crippen molar-refractivity contribution < 1.29 is 9.53 Å². The number of esters is 1. The van der Waals surface area contributed by atoms with Gasteiger partial charge in [0.25, 0.3) is 0 Å². The van der Waals surface area contributed by atoms with E-state index in [0.717, 1.165) is 0 Å². The van der Waals surface area contributed by atoms with E-state index in [2.05, 4.69) is 19.9 Å². The number of nitrogens with zero attached hydrogens (tertiary/aromatic N) is 2. The zero-order valence-corrected chi connectivity index (χ0v) is 7.93. The van der Waals surface area contributed by atoms with E-state index in [1.165, 1.54) is 0 Å². The number of halogens is 1. The van der Waals surface area contributed by atoms with Crippen LogP contribution in [0.5, 0.6) is 0 Å². The first-order chi connectivity index (χ1) is 5.72. The topological polar surface area (TPSA) is 93.9 Å². The van der Waals surface area contributed by atoms with E-state index in [4.69, 9.17) is 5.73 Å². The molecule has 0 spiro atoms. The quantitative estimate of drug-likeness (QED) is 0.675. The molecule has 1 rings (SSSR count). The minimum Gasteiger partial charge on any atom is -0.466 e. The highest BCUT2D eigenvalue weighted by Gasteiger charge is 2.06. The molecule has 3 N–H and O–H groups in total. The Hall–Kier alpha value is -1.30. The zero-order valence-electron chi connectivity index (χ0n) is 7.11. The summed E-state index contributed by atoms with van der Waals surface area (Å²) in [5.41, 5.74) is 5.22. The summed E-state index contributed by atoms with van der Waals surface area (Å²) in [5.74, 6) is 0.217. The molecule has 13 heavy (non-hydrogen) atoms. The van der Waals surface area contributed by atoms with Crippen LogP contribution >= 0.6 is 12.4 Å². The Morgan fingerprint density at radius 1 is 1.69 bits per heavy atom. The largest absolute Gasteiger partial charge is 0.466 e. The number of aromatic amines is 1. The molecule has 6 nitrogen and oxygen atoms in total. The number of anilines is 1. The molecular formula is C6H11ClN4O2. The van der Waals surface area contributed by atoms with Gasteiger partial charge in [-0.25, -0.2) is 0 Å². The molecule has 74 valence electrons. The normalized spacial score (nSPS) is 9.00. The number of aromatic nitrogens is 3. The highest BCUT2D eigenvalue weighted by atomic mass is 35.5. The first-order valence-corrected chi connectivity index (χ1v) is 3.54. The molecule has 0 atom stereocenters. The van der Waals surface area contributed by atoms with Crippen molar-refractivity contribution in [3.05, 3.63) is 5.82 Å². The average molecular weight is 207 g/mol. The molecule has 0 aliphatic heterocycles. The molecule has 0 saturated carbocycles. The standard InChI is InChI=1S/C6H10N4O2.ClH/c1-2-12-5(11)3-4-8-6(7)10-9-4;/h2-3H2,1H3,(H3,7,8,9,10);1H. The first-order valence-electron chi connectivity index (χ1n) is 3.54. The fourth-order valence-corrected chi connectivity index (χ4v) is 0.738. The maximum absolute atomic E-state index is 10.9. The lowest BCUT2D eigenvalue weighted by molar-refractivity contribution is -0.142. The third-order valence-electron chi connectivity index (χ3n) is 1.17. The van der Waals surface area contributed by atoms with Gasteiger partial charge >= 0.3 is 5.97 Å². The van der Waals surface area contributed by atoms with Crippen molar-refractivity contribution in [3.63, 3.8) is 0 Å². The van der Waals surface area contributed by atoms with E-state index in [-0.39, 0.29) is 30.7 Å². The molecule has 7 heteroatoms. The van der Waals surface area contributed by atoms with E-state index in [9.17, 15) is 4.79 Å². The van der Waals surface area contributed by atoms with Gasteiger partial charge in [0.15, 0.2) is 0 Å². The van der Waals surface area contributed by atoms with E-state index in [1.54, 1.807) is 6.92 Å². The van der Waals surface area contributed by atoms with Crippen LogP contribution in [0, 0.1) is 0 Å². The lowest BCUT2D eigenvalue weighted by Gasteiger charge is -1.96. The highest BCUT2D eigenvalue weighted by molar-refractivity contribution is 5.85. The van der Waals surface area contributed by atoms with Crippen LogP contribution in [0.2, 0.25) is 0 Å². The number of ether oxygens (including phenoxy) is 1. The average Bonchev–Trinajstić information content (AvgIpc) is 2.36. The van der Waals surface area contributed by atoms with Crippen molar-refractivity contribution in [2.75, 3.05) is 12.3 Å². The van der Waals surface area contributed by atoms with Crippen LogP contribution in [0.3, 0.4) is 0 Å². The van der Waals surface area contributed by atoms with Crippen LogP contribution in [0.25, 0.3) is 0 Å². The lowest BCUT2D eigenvalue weighted by atomic mass is 10.4. The summed E-state index contributed by atoms with van der Waals surface area (Å²) in [6.45, 7) is 2.11. The number of carbonyl (C=O) groups is 1. The van der Waals surface area contributed by atoms with E-state index in [1.807, 2.05) is 0 Å². The summed E-state index contributed by atoms with van der Waals surface area (Å²) in [7, 11) is 0. The molecule has 0 aliphatic carbocycles. The molecule has 0 amide bonds. The minimum atomic E-state index is -0.339. The molecule has 0 aliphatic rings. The SMILES string of the molecule is CCOC(=O)Cc1nc(N)n[nH]1.Cl. The van der Waals surface area contributed by atoms with Crippen LogP contribution in [-0.2, 0) is 16.0 Å².